The van der Waals surface area contributed by atoms with Crippen molar-refractivity contribution in [3.05, 3.63) is 314 Å². The van der Waals surface area contributed by atoms with E-state index >= 15 is 0 Å². The predicted octanol–water partition coefficient (Wildman–Crippen LogP) is 28.1. The van der Waals surface area contributed by atoms with Crippen LogP contribution in [0.1, 0.15) is 108 Å². The summed E-state index contributed by atoms with van der Waals surface area (Å²) in [6.07, 6.45) is 5.13. The van der Waals surface area contributed by atoms with Crippen molar-refractivity contribution in [2.45, 2.75) is 29.1 Å². The number of carboxylic acid groups (broad SMARTS) is 3. The number of carbonyl (C=O) groups excluding carboxylic acids is 3. The number of aliphatic imine (C=N–C) groups is 2. The Morgan fingerprint density at radius 3 is 0.931 bits per heavy atom. The van der Waals surface area contributed by atoms with Crippen LogP contribution in [0.15, 0.2) is 203 Å². The first kappa shape index (κ1) is 118. The molecule has 0 spiro atoms. The van der Waals surface area contributed by atoms with Gasteiger partial charge in [-0.1, -0.05) is 288 Å². The Labute approximate surface area is 818 Å². The van der Waals surface area contributed by atoms with E-state index in [2.05, 4.69) is 110 Å². The van der Waals surface area contributed by atoms with Gasteiger partial charge in [0.05, 0.1) is 53.0 Å². The van der Waals surface area contributed by atoms with Crippen LogP contribution in [0.3, 0.4) is 0 Å². The molecular weight excluding hydrogens is 2380 g/mol. The molecule has 0 saturated heterocycles. The molecule has 38 heteroatoms. The van der Waals surface area contributed by atoms with Crippen molar-refractivity contribution in [2.24, 2.45) is 20.9 Å². The normalized spacial score (nSPS) is 9.63. The van der Waals surface area contributed by atoms with Gasteiger partial charge in [-0.05, 0) is 181 Å². The van der Waals surface area contributed by atoms with E-state index in [0.29, 0.717) is 78.2 Å². The van der Waals surface area contributed by atoms with Gasteiger partial charge in [0.1, 0.15) is 13.0 Å². The number of Topliss-reactive ketones (excluding diaryl/α,β-unsaturated/α-hetero) is 2. The second-order valence-corrected chi connectivity index (χ2v) is 36.5. The van der Waals surface area contributed by atoms with E-state index in [1.54, 1.807) is 84.9 Å². The van der Waals surface area contributed by atoms with Crippen LogP contribution in [0, 0.1) is 11.9 Å². The third kappa shape index (κ3) is 50.5. The number of aldehydes is 1. The predicted molar refractivity (Wildman–Crippen MR) is 521 cm³/mol. The van der Waals surface area contributed by atoms with Crippen LogP contribution in [0.4, 0.5) is 0 Å². The molecule has 625 valence electrons. The van der Waals surface area contributed by atoms with Crippen molar-refractivity contribution in [1.29, 1.82) is 0 Å². The fraction of sp³-hybridized carbons (Fsp3) is 0.103. The number of halogens is 18. The van der Waals surface area contributed by atoms with Crippen LogP contribution in [0.2, 0.25) is 65.3 Å². The number of benzene rings is 10. The minimum absolute atomic E-state index is 0. The summed E-state index contributed by atoms with van der Waals surface area (Å²) in [5.41, 5.74) is 4.47. The summed E-state index contributed by atoms with van der Waals surface area (Å²) in [5.74, 6) is -0.693. The standard InChI is InChI=1S/2C15H11Cl2NO3.C7H6Cl2N2.C7H4Cl2O2.C7H4Cl2O.C7H6Cl2.C7H5ClO2.C7H6O4.CHI3.CH3I.CH2I.3CH4.V/c2*16-11-3-1-10(12(17)6-11)7-18-8-15(21)9-2-4-13(19)14(20)5-9;8-6-2-1-5(4-11-10)7(9)3-6;8-5-2-1-4(7(10)11)3-6(5)9;8-6-2-1-5(4-10)7(9)3-6;1-5-2-3-6(8)4-7(5)9;8-6-3-1-5(2-4-6)7(9)10;8-5-2-1-4(7(10)11)3-6(5)9;2-1(3)4;2*1-2;;;;/h2*1-7,19-20H,8H2;1-4H,10H2;1-3H,(H,10,11);1-4H;2-4H,1H3;1-4H,(H,9,10);1-3,8-9H,(H,10,11);1H;1H3;1H2;3*1H4;/q;;;;;;;;;;-1;;;;/b;;11-4+;;;;;;;;;;;;/i;;;;;;;;;;;1T;;;. The maximum atomic E-state index is 11.9. The monoisotopic (exact) mass is 2450 g/mol. The number of hydrazone groups is 1. The smallest absolute Gasteiger partial charge is 0.335 e. The number of aryl methyl sites for hydroxylation is 1. The maximum absolute atomic E-state index is 11.9. The van der Waals surface area contributed by atoms with Crippen molar-refractivity contribution in [3.8, 4) is 34.5 Å². The molecule has 0 atom stereocenters. The minimum Gasteiger partial charge on any atom is -0.504 e. The summed E-state index contributed by atoms with van der Waals surface area (Å²) in [7, 11) is 1.25. The number of alkyl halides is 4. The van der Waals surface area contributed by atoms with E-state index in [-0.39, 0.29) is 120 Å². The van der Waals surface area contributed by atoms with Crippen molar-refractivity contribution >= 4 is 318 Å². The van der Waals surface area contributed by atoms with Crippen LogP contribution in [-0.2, 0) is 18.6 Å². The van der Waals surface area contributed by atoms with Crippen LogP contribution < -0.4 is 5.84 Å². The van der Waals surface area contributed by atoms with Gasteiger partial charge in [0.25, 0.3) is 0 Å². The minimum atomic E-state index is -1.14. The van der Waals surface area contributed by atoms with Gasteiger partial charge in [0.15, 0.2) is 52.3 Å². The molecule has 0 fully saturated rings. The fourth-order valence-corrected chi connectivity index (χ4v) is 9.63. The first-order chi connectivity index (χ1) is 53.8. The summed E-state index contributed by atoms with van der Waals surface area (Å²) in [4.78, 5) is 78.1. The zero-order chi connectivity index (χ0) is 87.5. The van der Waals surface area contributed by atoms with Gasteiger partial charge in [-0.3, -0.25) is 29.3 Å². The number of aromatic carboxylic acids is 3. The number of ketones is 2. The van der Waals surface area contributed by atoms with Gasteiger partial charge >= 0.3 is 17.9 Å². The molecule has 0 unspecified atom stereocenters. The molecule has 0 heterocycles. The number of carbonyl (C=O) groups is 6. The van der Waals surface area contributed by atoms with Crippen molar-refractivity contribution in [3.63, 3.8) is 0 Å². The van der Waals surface area contributed by atoms with Crippen molar-refractivity contribution in [2.75, 3.05) is 18.0 Å². The molecule has 11 N–H and O–H groups in total. The zero-order valence-corrected chi connectivity index (χ0v) is 80.6. The molecule has 0 saturated carbocycles. The quantitative estimate of drug-likeness (QED) is 0.00590. The molecule has 0 amide bonds. The Morgan fingerprint density at radius 1 is 0.379 bits per heavy atom. The van der Waals surface area contributed by atoms with E-state index < -0.39 is 23.7 Å². The second-order valence-electron chi connectivity index (χ2n) is 20.1. The fourth-order valence-electron chi connectivity index (χ4n) is 6.97. The number of rotatable bonds is 13. The summed E-state index contributed by atoms with van der Waals surface area (Å²) in [6.45, 7) is 1.75. The van der Waals surface area contributed by atoms with E-state index in [9.17, 15) is 49.2 Å². The largest absolute Gasteiger partial charge is 0.504 e. The zero-order valence-electron chi connectivity index (χ0n) is 59.5. The van der Waals surface area contributed by atoms with E-state index in [1.165, 1.54) is 105 Å². The average Bonchev–Trinajstić information content (AvgIpc) is 0.872. The molecule has 0 bridgehead atoms. The molecule has 19 nitrogen and oxygen atoms in total. The number of hydrogen-bond donors (Lipinski definition) is 10. The van der Waals surface area contributed by atoms with Gasteiger partial charge < -0.3 is 74.4 Å². The molecule has 0 aliphatic carbocycles. The molecule has 10 aromatic rings. The third-order valence-electron chi connectivity index (χ3n) is 12.3. The maximum Gasteiger partial charge on any atom is 0.335 e. The molecular formula is C78H71Cl13I5N4O15V-. The number of hydrogen-bond acceptors (Lipinski definition) is 16. The Kier molecular flexibility index (Phi) is 67.8. The SMILES string of the molecule is C.C.CI.Cc1ccc(Cl)cc1Cl.IC(I)I.N/N=C/c1ccc(Cl)cc1Cl.O=C(CN=Cc1ccc(Cl)cc1Cl)c1ccc(O)c(O)c1.O=C(CN=Cc1ccc(Cl)cc1Cl)c1ccc(O)c(O)c1.O=C(O)c1ccc(Cl)c(Cl)c1.O=C(O)c1ccc(Cl)cc1.O=C(O)c1ccc(O)c(O)c1.O=Cc1ccc(Cl)cc1Cl.[3H]C.[CH2-]I.[V]. The number of aromatic hydroxyl groups is 6. The van der Waals surface area contributed by atoms with E-state index in [0.717, 1.165) is 28.2 Å². The van der Waals surface area contributed by atoms with Gasteiger partial charge in [0.2, 0.25) is 0 Å². The molecule has 0 aliphatic rings. The molecule has 0 aliphatic heterocycles. The molecule has 116 heavy (non-hydrogen) atoms. The van der Waals surface area contributed by atoms with E-state index in [1.807, 2.05) is 46.6 Å². The molecule has 10 aromatic carbocycles. The summed E-state index contributed by atoms with van der Waals surface area (Å²) in [6, 6.07) is 46.5. The summed E-state index contributed by atoms with van der Waals surface area (Å²) < 4.78 is 6.49. The van der Waals surface area contributed by atoms with Gasteiger partial charge in [0, 0.05) is 101 Å². The average molecular weight is 2450 g/mol. The van der Waals surface area contributed by atoms with Crippen molar-refractivity contribution in [1.82, 2.24) is 0 Å². The first-order valence-electron chi connectivity index (χ1n) is 30.8. The third-order valence-corrected chi connectivity index (χ3v) is 16.2. The Bertz CT molecular complexity index is 4660. The molecule has 1 radical (unpaired) electrons. The summed E-state index contributed by atoms with van der Waals surface area (Å²) in [5, 5.41) is 89.9. The van der Waals surface area contributed by atoms with Crippen LogP contribution in [0.25, 0.3) is 0 Å². The number of nitrogens with two attached hydrogens (primary N) is 1. The van der Waals surface area contributed by atoms with Gasteiger partial charge in [-0.15, -0.1) is 0 Å². The molecule has 0 aromatic heterocycles. The molecule has 10 rings (SSSR count). The number of carboxylic acids is 3. The Balaban J connectivity index is -0.000000408. The number of phenols is 6. The first-order valence-corrected chi connectivity index (χ1v) is 42.1. The summed E-state index contributed by atoms with van der Waals surface area (Å²) >= 11 is 85.2. The van der Waals surface area contributed by atoms with Crippen LogP contribution >= 0.6 is 264 Å². The Hall–Kier alpha value is -4.77. The van der Waals surface area contributed by atoms with Gasteiger partial charge in [-0.2, -0.15) is 5.10 Å². The second kappa shape index (κ2) is 66.9. The van der Waals surface area contributed by atoms with E-state index in [4.69, 9.17) is 184 Å². The number of nitrogens with zero attached hydrogens (tertiary/aromatic N) is 3. The van der Waals surface area contributed by atoms with Crippen LogP contribution in [0.5, 0.6) is 34.5 Å². The van der Waals surface area contributed by atoms with Crippen molar-refractivity contribution < 1.29 is 94.7 Å². The van der Waals surface area contributed by atoms with Gasteiger partial charge in [-0.25, -0.2) is 14.4 Å². The topological polar surface area (TPSA) is 348 Å². The number of phenolic OH excluding ortho intramolecular Hbond substituents is 6. The van der Waals surface area contributed by atoms with Crippen LogP contribution in [-0.4, -0.2) is 118 Å². The Morgan fingerprint density at radius 2 is 0.647 bits per heavy atom.